The van der Waals surface area contributed by atoms with Crippen LogP contribution in [-0.2, 0) is 10.1 Å². The number of hydrogen-bond donors (Lipinski definition) is 1. The molecule has 1 N–H and O–H groups in total. The Hall–Kier alpha value is -0.340. The molecular formula is C20H40F3NO3S. The first-order valence-electron chi connectivity index (χ1n) is 11.0. The van der Waals surface area contributed by atoms with E-state index in [0.29, 0.717) is 0 Å². The summed E-state index contributed by atoms with van der Waals surface area (Å²) in [4.78, 5) is 1.91. The van der Waals surface area contributed by atoms with Gasteiger partial charge in [-0.05, 0) is 19.3 Å². The van der Waals surface area contributed by atoms with Gasteiger partial charge >= 0.3 is 5.51 Å². The SMILES string of the molecule is CCCCCCCCCCCC[NH+]1CCC(CCC)C1.O=S(=O)([O-])C(F)(F)F. The maximum Gasteiger partial charge on any atom is 0.485 e. The third kappa shape index (κ3) is 14.6. The zero-order valence-corrected chi connectivity index (χ0v) is 18.5. The Morgan fingerprint density at radius 1 is 0.893 bits per heavy atom. The van der Waals surface area contributed by atoms with Gasteiger partial charge in [-0.1, -0.05) is 71.6 Å². The van der Waals surface area contributed by atoms with E-state index in [1.165, 1.54) is 103 Å². The molecule has 0 aromatic rings. The molecule has 1 fully saturated rings. The van der Waals surface area contributed by atoms with Gasteiger partial charge < -0.3 is 9.45 Å². The summed E-state index contributed by atoms with van der Waals surface area (Å²) in [6.07, 6.45) is 19.0. The number of rotatable bonds is 13. The Morgan fingerprint density at radius 2 is 1.36 bits per heavy atom. The summed E-state index contributed by atoms with van der Waals surface area (Å²) in [5.41, 5.74) is -5.65. The van der Waals surface area contributed by atoms with Crippen LogP contribution in [0, 0.1) is 5.92 Å². The average Bonchev–Trinajstić information content (AvgIpc) is 3.03. The van der Waals surface area contributed by atoms with Gasteiger partial charge in [-0.3, -0.25) is 0 Å². The van der Waals surface area contributed by atoms with Crippen molar-refractivity contribution in [2.45, 2.75) is 103 Å². The highest BCUT2D eigenvalue weighted by molar-refractivity contribution is 7.86. The van der Waals surface area contributed by atoms with Crippen molar-refractivity contribution in [2.24, 2.45) is 5.92 Å². The molecule has 170 valence electrons. The van der Waals surface area contributed by atoms with Crippen LogP contribution in [0.25, 0.3) is 0 Å². The number of hydrogen-bond acceptors (Lipinski definition) is 3. The lowest BCUT2D eigenvalue weighted by Gasteiger charge is -2.13. The average molecular weight is 432 g/mol. The number of unbranched alkanes of at least 4 members (excludes halogenated alkanes) is 9. The molecule has 0 bridgehead atoms. The second-order valence-electron chi connectivity index (χ2n) is 7.98. The smallest absolute Gasteiger partial charge is 0.485 e. The van der Waals surface area contributed by atoms with Crippen LogP contribution in [0.2, 0.25) is 0 Å². The summed E-state index contributed by atoms with van der Waals surface area (Å²) in [5, 5.41) is 0. The molecule has 1 aliphatic heterocycles. The second kappa shape index (κ2) is 15.5. The molecular weight excluding hydrogens is 391 g/mol. The Kier molecular flexibility index (Phi) is 15.3. The molecule has 2 atom stereocenters. The quantitative estimate of drug-likeness (QED) is 0.262. The summed E-state index contributed by atoms with van der Waals surface area (Å²) in [7, 11) is -6.09. The molecule has 0 aromatic carbocycles. The van der Waals surface area contributed by atoms with Gasteiger partial charge in [-0.25, -0.2) is 8.42 Å². The van der Waals surface area contributed by atoms with Crippen LogP contribution in [0.4, 0.5) is 13.2 Å². The molecule has 0 spiro atoms. The van der Waals surface area contributed by atoms with E-state index in [1.807, 2.05) is 4.90 Å². The molecule has 2 unspecified atom stereocenters. The lowest BCUT2D eigenvalue weighted by Crippen LogP contribution is -3.10. The van der Waals surface area contributed by atoms with Crippen molar-refractivity contribution in [2.75, 3.05) is 19.6 Å². The highest BCUT2D eigenvalue weighted by atomic mass is 32.2. The van der Waals surface area contributed by atoms with E-state index in [0.717, 1.165) is 5.92 Å². The standard InChI is InChI=1S/C19H39N.CHF3O3S/c1-3-5-6-7-8-9-10-11-12-13-16-20-17-15-19(18-20)14-4-2;2-1(3,4)8(5,6)7/h19H,3-18H2,1-2H3;(H,5,6,7). The van der Waals surface area contributed by atoms with Crippen LogP contribution in [0.1, 0.15) is 97.3 Å². The normalized spacial score (nSPS) is 20.1. The number of halogens is 3. The fourth-order valence-corrected chi connectivity index (χ4v) is 3.76. The molecule has 0 saturated carbocycles. The maximum absolute atomic E-state index is 10.7. The van der Waals surface area contributed by atoms with Crippen molar-refractivity contribution in [1.82, 2.24) is 0 Å². The molecule has 1 aliphatic rings. The van der Waals surface area contributed by atoms with Gasteiger partial charge in [-0.2, -0.15) is 13.2 Å². The Morgan fingerprint density at radius 3 is 1.79 bits per heavy atom. The molecule has 1 heterocycles. The van der Waals surface area contributed by atoms with Crippen molar-refractivity contribution >= 4 is 10.1 Å². The van der Waals surface area contributed by atoms with Gasteiger partial charge in [0, 0.05) is 12.3 Å². The molecule has 0 amide bonds. The summed E-state index contributed by atoms with van der Waals surface area (Å²) in [6, 6.07) is 0. The zero-order valence-electron chi connectivity index (χ0n) is 17.7. The number of quaternary nitrogens is 1. The molecule has 8 heteroatoms. The number of nitrogens with one attached hydrogen (secondary N) is 1. The van der Waals surface area contributed by atoms with Crippen LogP contribution < -0.4 is 4.90 Å². The Bertz CT molecular complexity index is 470. The lowest BCUT2D eigenvalue weighted by atomic mass is 10.0. The molecule has 4 nitrogen and oxygen atoms in total. The van der Waals surface area contributed by atoms with E-state index in [9.17, 15) is 13.2 Å². The molecule has 0 aliphatic carbocycles. The molecule has 1 saturated heterocycles. The van der Waals surface area contributed by atoms with Crippen molar-refractivity contribution < 1.29 is 31.0 Å². The topological polar surface area (TPSA) is 61.6 Å². The van der Waals surface area contributed by atoms with E-state index >= 15 is 0 Å². The lowest BCUT2D eigenvalue weighted by molar-refractivity contribution is -0.889. The minimum Gasteiger partial charge on any atom is -0.741 e. The van der Waals surface area contributed by atoms with Gasteiger partial charge in [0.1, 0.15) is 0 Å². The highest BCUT2D eigenvalue weighted by Crippen LogP contribution is 2.20. The minimum absolute atomic E-state index is 1.05. The highest BCUT2D eigenvalue weighted by Gasteiger charge is 2.36. The van der Waals surface area contributed by atoms with Crippen molar-refractivity contribution in [3.8, 4) is 0 Å². The predicted octanol–water partition coefficient (Wildman–Crippen LogP) is 4.66. The Labute approximate surface area is 170 Å². The van der Waals surface area contributed by atoms with Crippen LogP contribution >= 0.6 is 0 Å². The summed E-state index contributed by atoms with van der Waals surface area (Å²) >= 11 is 0. The summed E-state index contributed by atoms with van der Waals surface area (Å²) in [5.74, 6) is 1.05. The third-order valence-corrected chi connectivity index (χ3v) is 5.91. The molecule has 0 radical (unpaired) electrons. The van der Waals surface area contributed by atoms with E-state index in [2.05, 4.69) is 13.8 Å². The molecule has 0 aromatic heterocycles. The number of likely N-dealkylation sites (tertiary alicyclic amines) is 1. The van der Waals surface area contributed by atoms with Crippen molar-refractivity contribution in [3.05, 3.63) is 0 Å². The molecule has 28 heavy (non-hydrogen) atoms. The van der Waals surface area contributed by atoms with Gasteiger partial charge in [0.25, 0.3) is 0 Å². The predicted molar refractivity (Wildman–Crippen MR) is 106 cm³/mol. The summed E-state index contributed by atoms with van der Waals surface area (Å²) in [6.45, 7) is 9.02. The fraction of sp³-hybridized carbons (Fsp3) is 1.00. The van der Waals surface area contributed by atoms with E-state index in [1.54, 1.807) is 0 Å². The molecule has 1 rings (SSSR count). The first-order valence-corrected chi connectivity index (χ1v) is 12.4. The van der Waals surface area contributed by atoms with Gasteiger partial charge in [0.2, 0.25) is 0 Å². The van der Waals surface area contributed by atoms with E-state index in [-0.39, 0.29) is 0 Å². The zero-order chi connectivity index (χ0) is 21.5. The maximum atomic E-state index is 10.7. The van der Waals surface area contributed by atoms with Crippen LogP contribution in [0.15, 0.2) is 0 Å². The van der Waals surface area contributed by atoms with E-state index < -0.39 is 15.6 Å². The van der Waals surface area contributed by atoms with E-state index in [4.69, 9.17) is 13.0 Å². The minimum atomic E-state index is -6.09. The van der Waals surface area contributed by atoms with Crippen molar-refractivity contribution in [3.63, 3.8) is 0 Å². The second-order valence-corrected chi connectivity index (χ2v) is 9.35. The van der Waals surface area contributed by atoms with Crippen LogP contribution in [-0.4, -0.2) is 38.1 Å². The van der Waals surface area contributed by atoms with Gasteiger partial charge in [0.15, 0.2) is 10.1 Å². The fourth-order valence-electron chi connectivity index (χ4n) is 3.76. The van der Waals surface area contributed by atoms with Crippen LogP contribution in [0.5, 0.6) is 0 Å². The first-order chi connectivity index (χ1) is 13.1. The largest absolute Gasteiger partial charge is 0.741 e. The number of alkyl halides is 3. The monoisotopic (exact) mass is 431 g/mol. The third-order valence-electron chi connectivity index (χ3n) is 5.35. The van der Waals surface area contributed by atoms with Gasteiger partial charge in [-0.15, -0.1) is 0 Å². The van der Waals surface area contributed by atoms with Crippen molar-refractivity contribution in [1.29, 1.82) is 0 Å². The Balaban J connectivity index is 0.000000769. The van der Waals surface area contributed by atoms with Gasteiger partial charge in [0.05, 0.1) is 19.6 Å². The van der Waals surface area contributed by atoms with Crippen LogP contribution in [0.3, 0.4) is 0 Å². The first kappa shape index (κ1) is 27.7. The summed E-state index contributed by atoms with van der Waals surface area (Å²) < 4.78 is 58.9.